The smallest absolute Gasteiger partial charge is 0.151 e. The third-order valence-electron chi connectivity index (χ3n) is 4.33. The minimum Gasteiger partial charge on any atom is -0.312 e. The van der Waals surface area contributed by atoms with E-state index in [1.807, 2.05) is 0 Å². The molecule has 18 heavy (non-hydrogen) atoms. The molecule has 0 spiro atoms. The summed E-state index contributed by atoms with van der Waals surface area (Å²) in [6, 6.07) is 0.167. The van der Waals surface area contributed by atoms with Gasteiger partial charge < -0.3 is 5.32 Å². The van der Waals surface area contributed by atoms with E-state index in [0.717, 1.165) is 25.8 Å². The van der Waals surface area contributed by atoms with Crippen molar-refractivity contribution in [2.45, 2.75) is 58.2 Å². The predicted octanol–water partition coefficient (Wildman–Crippen LogP) is 2.47. The minimum absolute atomic E-state index is 0.167. The van der Waals surface area contributed by atoms with E-state index in [2.05, 4.69) is 33.0 Å². The highest BCUT2D eigenvalue weighted by Gasteiger charge is 2.34. The number of rotatable bonds is 6. The van der Waals surface area contributed by atoms with E-state index in [1.165, 1.54) is 6.26 Å². The second-order valence-electron chi connectivity index (χ2n) is 6.47. The van der Waals surface area contributed by atoms with Crippen LogP contribution in [-0.4, -0.2) is 32.5 Å². The van der Waals surface area contributed by atoms with E-state index < -0.39 is 9.84 Å². The molecule has 1 N–H and O–H groups in total. The lowest BCUT2D eigenvalue weighted by atomic mass is 9.85. The van der Waals surface area contributed by atoms with Crippen LogP contribution in [0.2, 0.25) is 0 Å². The summed E-state index contributed by atoms with van der Waals surface area (Å²) in [5, 5.41) is 3.35. The van der Waals surface area contributed by atoms with Gasteiger partial charge in [0.2, 0.25) is 0 Å². The summed E-state index contributed by atoms with van der Waals surface area (Å²) in [6.07, 6.45) is 4.23. The van der Waals surface area contributed by atoms with E-state index in [-0.39, 0.29) is 11.3 Å². The Bertz CT molecular complexity index is 341. The van der Waals surface area contributed by atoms with Gasteiger partial charge in [0, 0.05) is 12.3 Å². The van der Waals surface area contributed by atoms with Crippen LogP contribution in [0.1, 0.15) is 47.0 Å². The van der Waals surface area contributed by atoms with Crippen molar-refractivity contribution in [1.82, 2.24) is 5.32 Å². The van der Waals surface area contributed by atoms with E-state index in [4.69, 9.17) is 0 Å². The Hall–Kier alpha value is -0.0900. The van der Waals surface area contributed by atoms with Crippen molar-refractivity contribution >= 4 is 9.84 Å². The minimum atomic E-state index is -2.90. The summed E-state index contributed by atoms with van der Waals surface area (Å²) in [6.45, 7) is 9.92. The van der Waals surface area contributed by atoms with E-state index in [0.29, 0.717) is 17.8 Å². The van der Waals surface area contributed by atoms with Crippen molar-refractivity contribution in [2.75, 3.05) is 12.8 Å². The molecule has 1 aliphatic carbocycles. The summed E-state index contributed by atoms with van der Waals surface area (Å²) in [5.41, 5.74) is 0. The second-order valence-corrected chi connectivity index (χ2v) is 8.73. The first-order chi connectivity index (χ1) is 8.23. The maximum absolute atomic E-state index is 11.7. The highest BCUT2D eigenvalue weighted by molar-refractivity contribution is 7.91. The van der Waals surface area contributed by atoms with Crippen LogP contribution in [0, 0.1) is 17.8 Å². The molecule has 0 heterocycles. The maximum Gasteiger partial charge on any atom is 0.151 e. The van der Waals surface area contributed by atoms with Crippen molar-refractivity contribution in [1.29, 1.82) is 0 Å². The molecule has 0 bridgehead atoms. The lowest BCUT2D eigenvalue weighted by Crippen LogP contribution is -2.43. The predicted molar refractivity (Wildman–Crippen MR) is 77.4 cm³/mol. The molecule has 0 aliphatic heterocycles. The van der Waals surface area contributed by atoms with Crippen molar-refractivity contribution in [3.8, 4) is 0 Å². The first-order valence-electron chi connectivity index (χ1n) is 7.15. The molecule has 2 unspecified atom stereocenters. The Morgan fingerprint density at radius 2 is 1.67 bits per heavy atom. The molecule has 108 valence electrons. The van der Waals surface area contributed by atoms with Crippen LogP contribution in [0.4, 0.5) is 0 Å². The summed E-state index contributed by atoms with van der Waals surface area (Å²) >= 11 is 0. The van der Waals surface area contributed by atoms with Crippen LogP contribution < -0.4 is 5.32 Å². The fourth-order valence-electron chi connectivity index (χ4n) is 3.20. The number of sulfone groups is 1. The summed E-state index contributed by atoms with van der Waals surface area (Å²) in [4.78, 5) is 0. The molecule has 0 saturated heterocycles. The molecule has 1 rings (SSSR count). The monoisotopic (exact) mass is 275 g/mol. The molecule has 1 fully saturated rings. The SMILES string of the molecule is CC(C)C(CNC1CCCC1S(C)(=O)=O)C(C)C. The second kappa shape index (κ2) is 6.38. The Labute approximate surface area is 113 Å². The highest BCUT2D eigenvalue weighted by atomic mass is 32.2. The van der Waals surface area contributed by atoms with Gasteiger partial charge in [-0.15, -0.1) is 0 Å². The Morgan fingerprint density at radius 3 is 2.11 bits per heavy atom. The van der Waals surface area contributed by atoms with E-state index in [9.17, 15) is 8.42 Å². The van der Waals surface area contributed by atoms with Gasteiger partial charge in [0.1, 0.15) is 0 Å². The largest absolute Gasteiger partial charge is 0.312 e. The zero-order valence-electron chi connectivity index (χ0n) is 12.4. The van der Waals surface area contributed by atoms with Crippen molar-refractivity contribution in [3.05, 3.63) is 0 Å². The average Bonchev–Trinajstić information content (AvgIpc) is 2.64. The first kappa shape index (κ1) is 16.0. The van der Waals surface area contributed by atoms with Gasteiger partial charge >= 0.3 is 0 Å². The third kappa shape index (κ3) is 4.23. The quantitative estimate of drug-likeness (QED) is 0.810. The van der Waals surface area contributed by atoms with E-state index >= 15 is 0 Å². The molecule has 0 aromatic carbocycles. The number of hydrogen-bond acceptors (Lipinski definition) is 3. The average molecular weight is 275 g/mol. The molecule has 0 amide bonds. The fourth-order valence-corrected chi connectivity index (χ4v) is 4.62. The Morgan fingerprint density at radius 1 is 1.11 bits per heavy atom. The van der Waals surface area contributed by atoms with Crippen LogP contribution in [-0.2, 0) is 9.84 Å². The first-order valence-corrected chi connectivity index (χ1v) is 9.11. The molecule has 0 aromatic heterocycles. The van der Waals surface area contributed by atoms with Crippen LogP contribution in [0.25, 0.3) is 0 Å². The molecule has 4 heteroatoms. The molecule has 2 atom stereocenters. The van der Waals surface area contributed by atoms with Gasteiger partial charge in [0.25, 0.3) is 0 Å². The summed E-state index contributed by atoms with van der Waals surface area (Å²) in [5.74, 6) is 1.89. The standard InChI is InChI=1S/C14H29NO2S/c1-10(2)12(11(3)4)9-15-13-7-6-8-14(13)18(5,16)17/h10-15H,6-9H2,1-5H3. The molecular formula is C14H29NO2S. The van der Waals surface area contributed by atoms with Crippen LogP contribution >= 0.6 is 0 Å². The number of hydrogen-bond donors (Lipinski definition) is 1. The van der Waals surface area contributed by atoms with Crippen molar-refractivity contribution in [2.24, 2.45) is 17.8 Å². The third-order valence-corrected chi connectivity index (χ3v) is 5.99. The van der Waals surface area contributed by atoms with Crippen LogP contribution in [0.15, 0.2) is 0 Å². The van der Waals surface area contributed by atoms with Gasteiger partial charge in [-0.1, -0.05) is 34.1 Å². The van der Waals surface area contributed by atoms with Crippen LogP contribution in [0.5, 0.6) is 0 Å². The fraction of sp³-hybridized carbons (Fsp3) is 1.00. The van der Waals surface area contributed by atoms with Crippen molar-refractivity contribution in [3.63, 3.8) is 0 Å². The maximum atomic E-state index is 11.7. The van der Waals surface area contributed by atoms with Gasteiger partial charge in [-0.05, 0) is 37.1 Å². The van der Waals surface area contributed by atoms with Gasteiger partial charge in [0.05, 0.1) is 5.25 Å². The topological polar surface area (TPSA) is 46.2 Å². The zero-order chi connectivity index (χ0) is 13.9. The normalized spacial score (nSPS) is 25.6. The van der Waals surface area contributed by atoms with Crippen LogP contribution in [0.3, 0.4) is 0 Å². The van der Waals surface area contributed by atoms with E-state index in [1.54, 1.807) is 0 Å². The van der Waals surface area contributed by atoms with Gasteiger partial charge in [-0.25, -0.2) is 8.42 Å². The number of nitrogens with one attached hydrogen (secondary N) is 1. The molecular weight excluding hydrogens is 246 g/mol. The zero-order valence-corrected chi connectivity index (χ0v) is 13.3. The molecule has 1 aliphatic rings. The Kier molecular flexibility index (Phi) is 5.66. The van der Waals surface area contributed by atoms with Gasteiger partial charge in [-0.3, -0.25) is 0 Å². The molecule has 3 nitrogen and oxygen atoms in total. The highest BCUT2D eigenvalue weighted by Crippen LogP contribution is 2.26. The summed E-state index contributed by atoms with van der Waals surface area (Å²) < 4.78 is 23.4. The van der Waals surface area contributed by atoms with Crippen molar-refractivity contribution < 1.29 is 8.42 Å². The van der Waals surface area contributed by atoms with Gasteiger partial charge in [-0.2, -0.15) is 0 Å². The molecule has 0 radical (unpaired) electrons. The summed E-state index contributed by atoms with van der Waals surface area (Å²) in [7, 11) is -2.90. The Balaban J connectivity index is 2.57. The lowest BCUT2D eigenvalue weighted by molar-refractivity contribution is 0.265. The molecule has 1 saturated carbocycles. The lowest BCUT2D eigenvalue weighted by Gasteiger charge is -2.28. The van der Waals surface area contributed by atoms with Gasteiger partial charge in [0.15, 0.2) is 9.84 Å². The molecule has 0 aromatic rings.